The molecule has 1 heterocycles. The maximum Gasteiger partial charge on any atom is 0.290 e. The zero-order valence-electron chi connectivity index (χ0n) is 11.1. The van der Waals surface area contributed by atoms with Crippen molar-refractivity contribution in [2.24, 2.45) is 0 Å². The molecule has 2 rings (SSSR count). The monoisotopic (exact) mass is 259 g/mol. The van der Waals surface area contributed by atoms with Crippen LogP contribution in [0, 0.1) is 0 Å². The van der Waals surface area contributed by atoms with Crippen molar-refractivity contribution < 1.29 is 14.7 Å². The molecule has 1 aliphatic rings. The maximum absolute atomic E-state index is 12.1. The fraction of sp³-hybridized carbons (Fsp3) is 0.333. The van der Waals surface area contributed by atoms with Gasteiger partial charge in [0.1, 0.15) is 0 Å². The number of hydrogen-bond acceptors (Lipinski definition) is 3. The van der Waals surface area contributed by atoms with Crippen LogP contribution in [-0.4, -0.2) is 27.7 Å². The molecule has 1 aromatic carbocycles. The molecule has 4 heteroatoms. The molecule has 1 N–H and O–H groups in total. The molecule has 0 spiro atoms. The van der Waals surface area contributed by atoms with Crippen LogP contribution in [0.1, 0.15) is 25.8 Å². The largest absolute Gasteiger partial charge is 0.503 e. The van der Waals surface area contributed by atoms with Crippen LogP contribution < -0.4 is 0 Å². The van der Waals surface area contributed by atoms with E-state index < -0.39 is 11.7 Å². The van der Waals surface area contributed by atoms with E-state index in [2.05, 4.69) is 0 Å². The third-order valence-corrected chi connectivity index (χ3v) is 3.39. The van der Waals surface area contributed by atoms with Gasteiger partial charge in [-0.15, -0.1) is 0 Å². The fourth-order valence-electron chi connectivity index (χ4n) is 2.49. The van der Waals surface area contributed by atoms with Crippen LogP contribution in [0.4, 0.5) is 0 Å². The number of benzene rings is 1. The lowest BCUT2D eigenvalue weighted by molar-refractivity contribution is -0.129. The minimum atomic E-state index is -0.457. The Morgan fingerprint density at radius 1 is 1.32 bits per heavy atom. The lowest BCUT2D eigenvalue weighted by atomic mass is 10.0. The molecule has 1 unspecified atom stereocenters. The van der Waals surface area contributed by atoms with E-state index in [1.165, 1.54) is 6.92 Å². The van der Waals surface area contributed by atoms with E-state index in [1.807, 2.05) is 37.3 Å². The number of carbonyl (C=O) groups excluding carboxylic acids is 2. The number of aliphatic hydroxyl groups is 1. The van der Waals surface area contributed by atoms with Gasteiger partial charge in [0.15, 0.2) is 11.5 Å². The molecule has 19 heavy (non-hydrogen) atoms. The topological polar surface area (TPSA) is 57.6 Å². The molecule has 4 nitrogen and oxygen atoms in total. The minimum Gasteiger partial charge on any atom is -0.503 e. The lowest BCUT2D eigenvalue weighted by Crippen LogP contribution is -2.35. The summed E-state index contributed by atoms with van der Waals surface area (Å²) in [6.45, 7) is 3.68. The van der Waals surface area contributed by atoms with Gasteiger partial charge in [-0.3, -0.25) is 9.59 Å². The molecular weight excluding hydrogens is 242 g/mol. The number of carbonyl (C=O) groups is 2. The van der Waals surface area contributed by atoms with Gasteiger partial charge >= 0.3 is 0 Å². The van der Waals surface area contributed by atoms with Crippen LogP contribution in [0.2, 0.25) is 0 Å². The molecule has 0 saturated carbocycles. The van der Waals surface area contributed by atoms with Gasteiger partial charge in [0.2, 0.25) is 0 Å². The van der Waals surface area contributed by atoms with Crippen LogP contribution in [-0.2, 0) is 16.1 Å². The molecular formula is C15H17NO3. The summed E-state index contributed by atoms with van der Waals surface area (Å²) >= 11 is 0. The standard InChI is InChI=1S/C15H17NO3/c1-3-12-13(10(2)17)14(18)15(19)16(12)9-11-7-5-4-6-8-11/h4-8,12,18H,3,9H2,1-2H3. The van der Waals surface area contributed by atoms with Gasteiger partial charge in [-0.1, -0.05) is 37.3 Å². The van der Waals surface area contributed by atoms with Crippen LogP contribution in [0.25, 0.3) is 0 Å². The normalized spacial score (nSPS) is 19.2. The second-order valence-corrected chi connectivity index (χ2v) is 4.66. The molecule has 0 fully saturated rings. The highest BCUT2D eigenvalue weighted by Gasteiger charge is 2.40. The summed E-state index contributed by atoms with van der Waals surface area (Å²) in [7, 11) is 0. The van der Waals surface area contributed by atoms with E-state index in [-0.39, 0.29) is 17.4 Å². The molecule has 0 saturated heterocycles. The van der Waals surface area contributed by atoms with Crippen molar-refractivity contribution >= 4 is 11.7 Å². The smallest absolute Gasteiger partial charge is 0.290 e. The van der Waals surface area contributed by atoms with Crippen molar-refractivity contribution in [2.45, 2.75) is 32.9 Å². The molecule has 0 aliphatic carbocycles. The second kappa shape index (κ2) is 5.26. The van der Waals surface area contributed by atoms with E-state index in [4.69, 9.17) is 0 Å². The minimum absolute atomic E-state index is 0.239. The van der Waals surface area contributed by atoms with Gasteiger partial charge in [-0.2, -0.15) is 0 Å². The van der Waals surface area contributed by atoms with Gasteiger partial charge < -0.3 is 10.0 Å². The average molecular weight is 259 g/mol. The highest BCUT2D eigenvalue weighted by atomic mass is 16.3. The molecule has 0 bridgehead atoms. The van der Waals surface area contributed by atoms with Crippen LogP contribution >= 0.6 is 0 Å². The quantitative estimate of drug-likeness (QED) is 0.901. The van der Waals surface area contributed by atoms with Crippen molar-refractivity contribution in [1.82, 2.24) is 4.90 Å². The number of Topliss-reactive ketones (excluding diaryl/α,β-unsaturated/α-hetero) is 1. The summed E-state index contributed by atoms with van der Waals surface area (Å²) in [5, 5.41) is 9.85. The SMILES string of the molecule is CCC1C(C(C)=O)=C(O)C(=O)N1Cc1ccccc1. The third-order valence-electron chi connectivity index (χ3n) is 3.39. The Morgan fingerprint density at radius 3 is 2.47 bits per heavy atom. The molecule has 1 amide bonds. The van der Waals surface area contributed by atoms with Crippen molar-refractivity contribution in [3.63, 3.8) is 0 Å². The Bertz CT molecular complexity index is 534. The first-order chi connectivity index (χ1) is 9.06. The predicted molar refractivity (Wildman–Crippen MR) is 71.4 cm³/mol. The summed E-state index contributed by atoms with van der Waals surface area (Å²) < 4.78 is 0. The number of nitrogens with zero attached hydrogens (tertiary/aromatic N) is 1. The van der Waals surface area contributed by atoms with Crippen molar-refractivity contribution in [1.29, 1.82) is 0 Å². The van der Waals surface area contributed by atoms with E-state index >= 15 is 0 Å². The summed E-state index contributed by atoms with van der Waals surface area (Å²) in [6.07, 6.45) is 0.609. The maximum atomic E-state index is 12.1. The predicted octanol–water partition coefficient (Wildman–Crippen LogP) is 2.21. The van der Waals surface area contributed by atoms with Gasteiger partial charge in [-0.25, -0.2) is 0 Å². The second-order valence-electron chi connectivity index (χ2n) is 4.66. The van der Waals surface area contributed by atoms with Crippen LogP contribution in [0.5, 0.6) is 0 Å². The molecule has 1 aliphatic heterocycles. The Morgan fingerprint density at radius 2 is 1.95 bits per heavy atom. The van der Waals surface area contributed by atoms with Crippen LogP contribution in [0.15, 0.2) is 41.7 Å². The van der Waals surface area contributed by atoms with E-state index in [9.17, 15) is 14.7 Å². The van der Waals surface area contributed by atoms with Gasteiger partial charge in [0.05, 0.1) is 11.6 Å². The number of aliphatic hydroxyl groups excluding tert-OH is 1. The highest BCUT2D eigenvalue weighted by Crippen LogP contribution is 2.29. The summed E-state index contributed by atoms with van der Waals surface area (Å²) in [5.74, 6) is -1.09. The number of hydrogen-bond donors (Lipinski definition) is 1. The van der Waals surface area contributed by atoms with Crippen molar-refractivity contribution in [3.8, 4) is 0 Å². The first-order valence-electron chi connectivity index (χ1n) is 6.35. The zero-order valence-corrected chi connectivity index (χ0v) is 11.1. The molecule has 0 aromatic heterocycles. The summed E-state index contributed by atoms with van der Waals surface area (Å²) in [4.78, 5) is 25.2. The van der Waals surface area contributed by atoms with Gasteiger partial charge in [-0.05, 0) is 18.9 Å². The van der Waals surface area contributed by atoms with E-state index in [0.717, 1.165) is 5.56 Å². The third kappa shape index (κ3) is 2.38. The summed E-state index contributed by atoms with van der Waals surface area (Å²) in [5.41, 5.74) is 1.22. The Hall–Kier alpha value is -2.10. The molecule has 0 radical (unpaired) electrons. The van der Waals surface area contributed by atoms with Crippen molar-refractivity contribution in [2.75, 3.05) is 0 Å². The van der Waals surface area contributed by atoms with Gasteiger partial charge in [0.25, 0.3) is 5.91 Å². The fourth-order valence-corrected chi connectivity index (χ4v) is 2.49. The average Bonchev–Trinajstić information content (AvgIpc) is 2.64. The summed E-state index contributed by atoms with van der Waals surface area (Å²) in [6, 6.07) is 9.21. The van der Waals surface area contributed by atoms with Crippen LogP contribution in [0.3, 0.4) is 0 Å². The Labute approximate surface area is 112 Å². The first-order valence-corrected chi connectivity index (χ1v) is 6.35. The lowest BCUT2D eigenvalue weighted by Gasteiger charge is -2.25. The molecule has 1 atom stereocenters. The van der Waals surface area contributed by atoms with Crippen molar-refractivity contribution in [3.05, 3.63) is 47.2 Å². The highest BCUT2D eigenvalue weighted by molar-refractivity contribution is 6.07. The number of amides is 1. The molecule has 100 valence electrons. The molecule has 1 aromatic rings. The Balaban J connectivity index is 2.28. The zero-order chi connectivity index (χ0) is 14.0. The number of rotatable bonds is 4. The Kier molecular flexibility index (Phi) is 3.69. The van der Waals surface area contributed by atoms with E-state index in [1.54, 1.807) is 4.90 Å². The van der Waals surface area contributed by atoms with E-state index in [0.29, 0.717) is 13.0 Å². The van der Waals surface area contributed by atoms with Gasteiger partial charge in [0, 0.05) is 6.54 Å². The first kappa shape index (κ1) is 13.3. The number of ketones is 1.